The lowest BCUT2D eigenvalue weighted by Crippen LogP contribution is -2.16. The van der Waals surface area contributed by atoms with E-state index in [1.54, 1.807) is 12.1 Å². The van der Waals surface area contributed by atoms with Crippen molar-refractivity contribution in [1.82, 2.24) is 10.3 Å². The molecule has 1 aromatic heterocycles. The standard InChI is InChI=1S/C14H16BrFN4O4S/c15-10-7-9(4-5-11(10)16)8-13(18-21)14-12(19-24-20-14)3-1-2-6-25(17,22)23/h4-5,7,21H,1-3,6,8H2,(H2,17,22,23)/b18-13+. The van der Waals surface area contributed by atoms with Gasteiger partial charge in [0.15, 0.2) is 5.69 Å². The summed E-state index contributed by atoms with van der Waals surface area (Å²) in [5.41, 5.74) is 1.63. The molecule has 0 fully saturated rings. The monoisotopic (exact) mass is 434 g/mol. The predicted molar refractivity (Wildman–Crippen MR) is 91.3 cm³/mol. The SMILES string of the molecule is NS(=O)(=O)CCCCc1nonc1/C(Cc1ccc(F)c(Br)c1)=N/O. The van der Waals surface area contributed by atoms with Crippen LogP contribution in [-0.4, -0.2) is 35.4 Å². The van der Waals surface area contributed by atoms with Crippen LogP contribution >= 0.6 is 15.9 Å². The van der Waals surface area contributed by atoms with Crippen LogP contribution in [0.2, 0.25) is 0 Å². The van der Waals surface area contributed by atoms with Gasteiger partial charge in [-0.05, 0) is 58.0 Å². The summed E-state index contributed by atoms with van der Waals surface area (Å²) < 4.78 is 40.1. The average Bonchev–Trinajstić information content (AvgIpc) is 3.00. The topological polar surface area (TPSA) is 132 Å². The first-order valence-electron chi connectivity index (χ1n) is 7.27. The average molecular weight is 435 g/mol. The Morgan fingerprint density at radius 3 is 2.76 bits per heavy atom. The van der Waals surface area contributed by atoms with Gasteiger partial charge in [-0.3, -0.25) is 0 Å². The molecule has 0 aliphatic carbocycles. The number of aromatic nitrogens is 2. The van der Waals surface area contributed by atoms with E-state index in [1.807, 2.05) is 0 Å². The van der Waals surface area contributed by atoms with E-state index in [0.29, 0.717) is 35.0 Å². The highest BCUT2D eigenvalue weighted by molar-refractivity contribution is 9.10. The highest BCUT2D eigenvalue weighted by atomic mass is 79.9. The van der Waals surface area contributed by atoms with Crippen LogP contribution in [0.25, 0.3) is 0 Å². The molecule has 3 N–H and O–H groups in total. The lowest BCUT2D eigenvalue weighted by Gasteiger charge is -2.05. The molecule has 0 unspecified atom stereocenters. The number of hydrogen-bond donors (Lipinski definition) is 2. The molecule has 0 atom stereocenters. The molecular formula is C14H16BrFN4O4S. The van der Waals surface area contributed by atoms with E-state index in [0.717, 1.165) is 0 Å². The number of aryl methyl sites for hydroxylation is 1. The van der Waals surface area contributed by atoms with Gasteiger partial charge in [0.2, 0.25) is 10.0 Å². The maximum Gasteiger partial charge on any atom is 0.209 e. The van der Waals surface area contributed by atoms with Gasteiger partial charge in [-0.25, -0.2) is 22.6 Å². The van der Waals surface area contributed by atoms with Crippen LogP contribution in [0.5, 0.6) is 0 Å². The van der Waals surface area contributed by atoms with Gasteiger partial charge in [0.05, 0.1) is 10.2 Å². The fourth-order valence-electron chi connectivity index (χ4n) is 2.19. The zero-order valence-corrected chi connectivity index (χ0v) is 15.4. The molecule has 0 aliphatic heterocycles. The second kappa shape index (κ2) is 8.50. The maximum absolute atomic E-state index is 13.3. The third kappa shape index (κ3) is 5.87. The van der Waals surface area contributed by atoms with E-state index < -0.39 is 15.8 Å². The summed E-state index contributed by atoms with van der Waals surface area (Å²) >= 11 is 3.10. The van der Waals surface area contributed by atoms with Gasteiger partial charge in [0.1, 0.15) is 17.2 Å². The number of benzene rings is 1. The number of nitrogens with two attached hydrogens (primary N) is 1. The zero-order valence-electron chi connectivity index (χ0n) is 13.0. The van der Waals surface area contributed by atoms with Crippen LogP contribution < -0.4 is 5.14 Å². The molecular weight excluding hydrogens is 419 g/mol. The molecule has 0 spiro atoms. The summed E-state index contributed by atoms with van der Waals surface area (Å²) in [6.45, 7) is 0. The Morgan fingerprint density at radius 1 is 1.36 bits per heavy atom. The van der Waals surface area contributed by atoms with Crippen molar-refractivity contribution in [3.05, 3.63) is 45.4 Å². The van der Waals surface area contributed by atoms with Gasteiger partial charge in [-0.1, -0.05) is 16.4 Å². The molecule has 0 bridgehead atoms. The summed E-state index contributed by atoms with van der Waals surface area (Å²) in [4.78, 5) is 0. The summed E-state index contributed by atoms with van der Waals surface area (Å²) in [6, 6.07) is 4.42. The van der Waals surface area contributed by atoms with Crippen molar-refractivity contribution >= 4 is 31.7 Å². The number of sulfonamides is 1. The first-order chi connectivity index (χ1) is 11.8. The number of primary sulfonamides is 1. The first kappa shape index (κ1) is 19.5. The molecule has 25 heavy (non-hydrogen) atoms. The third-order valence-corrected chi connectivity index (χ3v) is 4.86. The second-order valence-corrected chi connectivity index (χ2v) is 7.94. The second-order valence-electron chi connectivity index (χ2n) is 5.36. The lowest BCUT2D eigenvalue weighted by atomic mass is 10.0. The van der Waals surface area contributed by atoms with E-state index in [4.69, 9.17) is 9.77 Å². The number of halogens is 2. The van der Waals surface area contributed by atoms with Crippen molar-refractivity contribution in [2.45, 2.75) is 25.7 Å². The molecule has 0 radical (unpaired) electrons. The van der Waals surface area contributed by atoms with Gasteiger partial charge >= 0.3 is 0 Å². The molecule has 0 aliphatic rings. The van der Waals surface area contributed by atoms with Crippen molar-refractivity contribution < 1.29 is 22.6 Å². The molecule has 0 saturated heterocycles. The smallest absolute Gasteiger partial charge is 0.209 e. The van der Waals surface area contributed by atoms with Crippen LogP contribution in [0.4, 0.5) is 4.39 Å². The van der Waals surface area contributed by atoms with Crippen molar-refractivity contribution in [3.63, 3.8) is 0 Å². The highest BCUT2D eigenvalue weighted by Crippen LogP contribution is 2.19. The Kier molecular flexibility index (Phi) is 6.62. The van der Waals surface area contributed by atoms with Crippen molar-refractivity contribution in [1.29, 1.82) is 0 Å². The minimum atomic E-state index is -3.50. The minimum absolute atomic E-state index is 0.127. The van der Waals surface area contributed by atoms with Gasteiger partial charge < -0.3 is 5.21 Å². The predicted octanol–water partition coefficient (Wildman–Crippen LogP) is 2.00. The molecule has 0 saturated carbocycles. The Bertz CT molecular complexity index is 869. The van der Waals surface area contributed by atoms with Gasteiger partial charge in [0, 0.05) is 6.42 Å². The quantitative estimate of drug-likeness (QED) is 0.282. The van der Waals surface area contributed by atoms with Gasteiger partial charge in [-0.15, -0.1) is 0 Å². The fourth-order valence-corrected chi connectivity index (χ4v) is 3.23. The van der Waals surface area contributed by atoms with Crippen LogP contribution in [0.1, 0.15) is 29.8 Å². The molecule has 1 aromatic carbocycles. The Morgan fingerprint density at radius 2 is 2.12 bits per heavy atom. The first-order valence-corrected chi connectivity index (χ1v) is 9.78. The lowest BCUT2D eigenvalue weighted by molar-refractivity contribution is 0.300. The van der Waals surface area contributed by atoms with Crippen LogP contribution in [0.3, 0.4) is 0 Å². The van der Waals surface area contributed by atoms with E-state index in [9.17, 15) is 18.0 Å². The largest absolute Gasteiger partial charge is 0.411 e. The van der Waals surface area contributed by atoms with Crippen molar-refractivity contribution in [2.24, 2.45) is 10.3 Å². The summed E-state index contributed by atoms with van der Waals surface area (Å²) in [5, 5.41) is 25.0. The molecule has 1 heterocycles. The Balaban J connectivity index is 2.06. The molecule has 2 aromatic rings. The van der Waals surface area contributed by atoms with Crippen LogP contribution in [-0.2, 0) is 22.9 Å². The Hall–Kier alpha value is -1.85. The van der Waals surface area contributed by atoms with Gasteiger partial charge in [0.25, 0.3) is 0 Å². The van der Waals surface area contributed by atoms with Crippen molar-refractivity contribution in [2.75, 3.05) is 5.75 Å². The van der Waals surface area contributed by atoms with Crippen LogP contribution in [0.15, 0.2) is 32.5 Å². The number of rotatable bonds is 8. The number of nitrogens with zero attached hydrogens (tertiary/aromatic N) is 3. The van der Waals surface area contributed by atoms with E-state index in [1.165, 1.54) is 6.07 Å². The fraction of sp³-hybridized carbons (Fsp3) is 0.357. The van der Waals surface area contributed by atoms with E-state index in [-0.39, 0.29) is 23.6 Å². The maximum atomic E-state index is 13.3. The zero-order chi connectivity index (χ0) is 18.4. The third-order valence-electron chi connectivity index (χ3n) is 3.40. The molecule has 8 nitrogen and oxygen atoms in total. The molecule has 2 rings (SSSR count). The Labute approximate surface area is 152 Å². The van der Waals surface area contributed by atoms with Crippen molar-refractivity contribution in [3.8, 4) is 0 Å². The normalized spacial score (nSPS) is 12.5. The number of hydrogen-bond acceptors (Lipinski definition) is 7. The molecule has 136 valence electrons. The van der Waals surface area contributed by atoms with E-state index in [2.05, 4.69) is 31.4 Å². The number of oxime groups is 1. The summed E-state index contributed by atoms with van der Waals surface area (Å²) in [5.74, 6) is -0.525. The van der Waals surface area contributed by atoms with E-state index >= 15 is 0 Å². The summed E-state index contributed by atoms with van der Waals surface area (Å²) in [6.07, 6.45) is 1.44. The summed E-state index contributed by atoms with van der Waals surface area (Å²) in [7, 11) is -3.50. The minimum Gasteiger partial charge on any atom is -0.411 e. The number of unbranched alkanes of at least 4 members (excludes halogenated alkanes) is 1. The molecule has 11 heteroatoms. The van der Waals surface area contributed by atoms with Gasteiger partial charge in [-0.2, -0.15) is 0 Å². The van der Waals surface area contributed by atoms with Crippen LogP contribution in [0, 0.1) is 5.82 Å². The molecule has 0 amide bonds. The highest BCUT2D eigenvalue weighted by Gasteiger charge is 2.18.